The van der Waals surface area contributed by atoms with E-state index in [1.54, 1.807) is 7.11 Å². The summed E-state index contributed by atoms with van der Waals surface area (Å²) in [4.78, 5) is 0. The highest BCUT2D eigenvalue weighted by molar-refractivity contribution is 5.44. The number of hydrogen-bond donors (Lipinski definition) is 0. The second-order valence-corrected chi connectivity index (χ2v) is 3.24. The van der Waals surface area contributed by atoms with Crippen LogP contribution >= 0.6 is 0 Å². The molecule has 0 N–H and O–H groups in total. The number of nitrogens with zero attached hydrogens (tertiary/aromatic N) is 2. The Morgan fingerprint density at radius 3 is 2.25 bits per heavy atom. The van der Waals surface area contributed by atoms with Crippen LogP contribution in [0.5, 0.6) is 5.75 Å². The molecule has 0 spiro atoms. The van der Waals surface area contributed by atoms with E-state index in [1.165, 1.54) is 0 Å². The molecule has 0 saturated carbocycles. The Labute approximate surface area is 94.4 Å². The Hall–Kier alpha value is -2.16. The highest BCUT2D eigenvalue weighted by atomic mass is 16.5. The normalized spacial score (nSPS) is 10.6. The third-order valence-corrected chi connectivity index (χ3v) is 2.09. The molecule has 0 fully saturated rings. The molecule has 2 rings (SSSR count). The minimum Gasteiger partial charge on any atom is -0.497 e. The van der Waals surface area contributed by atoms with Gasteiger partial charge in [0.05, 0.1) is 18.5 Å². The summed E-state index contributed by atoms with van der Waals surface area (Å²) in [6.45, 7) is 0. The molecule has 0 atom stereocenters. The summed E-state index contributed by atoms with van der Waals surface area (Å²) in [5.74, 6) is 0.782. The molecule has 0 aromatic heterocycles. The van der Waals surface area contributed by atoms with Gasteiger partial charge in [-0.3, -0.25) is 0 Å². The van der Waals surface area contributed by atoms with Crippen LogP contribution in [0, 0.1) is 0 Å². The summed E-state index contributed by atoms with van der Waals surface area (Å²) >= 11 is 0. The van der Waals surface area contributed by atoms with Crippen molar-refractivity contribution in [1.82, 2.24) is 0 Å². The first-order chi connectivity index (χ1) is 7.88. The zero-order chi connectivity index (χ0) is 11.2. The fourth-order valence-electron chi connectivity index (χ4n) is 1.28. The summed E-state index contributed by atoms with van der Waals surface area (Å²) in [5.41, 5.74) is 1.62. The van der Waals surface area contributed by atoms with Gasteiger partial charge in [0, 0.05) is 6.07 Å². The summed E-state index contributed by atoms with van der Waals surface area (Å²) in [5, 5.41) is 8.25. The van der Waals surface area contributed by atoms with Crippen molar-refractivity contribution in [1.29, 1.82) is 0 Å². The molecule has 80 valence electrons. The maximum absolute atomic E-state index is 5.11. The molecule has 3 heteroatoms. The minimum atomic E-state index is 0.781. The Kier molecular flexibility index (Phi) is 3.28. The number of hydrogen-bond acceptors (Lipinski definition) is 3. The number of rotatable bonds is 3. The number of azo groups is 1. The molecule has 0 heterocycles. The van der Waals surface area contributed by atoms with Crippen LogP contribution in [-0.2, 0) is 0 Å². The SMILES string of the molecule is COc1cccc(N=Nc2ccccc2)c1. The van der Waals surface area contributed by atoms with Gasteiger partial charge in [-0.05, 0) is 24.3 Å². The second kappa shape index (κ2) is 5.07. The topological polar surface area (TPSA) is 34.0 Å². The van der Waals surface area contributed by atoms with Gasteiger partial charge in [0.15, 0.2) is 0 Å². The van der Waals surface area contributed by atoms with Crippen molar-refractivity contribution in [3.63, 3.8) is 0 Å². The van der Waals surface area contributed by atoms with Gasteiger partial charge in [-0.1, -0.05) is 24.3 Å². The Bertz CT molecular complexity index is 480. The molecule has 0 aliphatic rings. The maximum atomic E-state index is 5.11. The first kappa shape index (κ1) is 10.4. The number of methoxy groups -OCH3 is 1. The molecule has 16 heavy (non-hydrogen) atoms. The lowest BCUT2D eigenvalue weighted by atomic mass is 10.3. The van der Waals surface area contributed by atoms with E-state index < -0.39 is 0 Å². The molecule has 0 aliphatic carbocycles. The van der Waals surface area contributed by atoms with Gasteiger partial charge in [0.1, 0.15) is 5.75 Å². The van der Waals surface area contributed by atoms with E-state index in [1.807, 2.05) is 54.6 Å². The third-order valence-electron chi connectivity index (χ3n) is 2.09. The van der Waals surface area contributed by atoms with Gasteiger partial charge in [-0.2, -0.15) is 10.2 Å². The Balaban J connectivity index is 2.17. The van der Waals surface area contributed by atoms with E-state index in [4.69, 9.17) is 4.74 Å². The molecule has 2 aromatic carbocycles. The van der Waals surface area contributed by atoms with E-state index in [0.717, 1.165) is 17.1 Å². The van der Waals surface area contributed by atoms with Crippen LogP contribution in [0.4, 0.5) is 11.4 Å². The van der Waals surface area contributed by atoms with Crippen LogP contribution in [0.1, 0.15) is 0 Å². The van der Waals surface area contributed by atoms with Gasteiger partial charge < -0.3 is 4.74 Å². The molecule has 2 aromatic rings. The van der Waals surface area contributed by atoms with Gasteiger partial charge in [-0.25, -0.2) is 0 Å². The van der Waals surface area contributed by atoms with Crippen LogP contribution < -0.4 is 4.74 Å². The van der Waals surface area contributed by atoms with Crippen LogP contribution in [0.15, 0.2) is 64.8 Å². The standard InChI is InChI=1S/C13H12N2O/c1-16-13-9-5-8-12(10-13)15-14-11-6-3-2-4-7-11/h2-10H,1H3. The van der Waals surface area contributed by atoms with E-state index in [-0.39, 0.29) is 0 Å². The highest BCUT2D eigenvalue weighted by Gasteiger charge is 1.93. The Morgan fingerprint density at radius 1 is 0.812 bits per heavy atom. The average Bonchev–Trinajstić information content (AvgIpc) is 2.38. The molecule has 0 saturated heterocycles. The fraction of sp³-hybridized carbons (Fsp3) is 0.0769. The minimum absolute atomic E-state index is 0.781. The van der Waals surface area contributed by atoms with Crippen LogP contribution in [0.25, 0.3) is 0 Å². The molecule has 3 nitrogen and oxygen atoms in total. The maximum Gasteiger partial charge on any atom is 0.121 e. The van der Waals surface area contributed by atoms with Gasteiger partial charge >= 0.3 is 0 Å². The van der Waals surface area contributed by atoms with Crippen molar-refractivity contribution < 1.29 is 4.74 Å². The summed E-state index contributed by atoms with van der Waals surface area (Å²) in [7, 11) is 1.63. The van der Waals surface area contributed by atoms with Gasteiger partial charge in [0.25, 0.3) is 0 Å². The van der Waals surface area contributed by atoms with E-state index >= 15 is 0 Å². The molecule has 0 radical (unpaired) electrons. The summed E-state index contributed by atoms with van der Waals surface area (Å²) in [6.07, 6.45) is 0. The van der Waals surface area contributed by atoms with Crippen LogP contribution in [0.3, 0.4) is 0 Å². The van der Waals surface area contributed by atoms with E-state index in [2.05, 4.69) is 10.2 Å². The second-order valence-electron chi connectivity index (χ2n) is 3.24. The molecular weight excluding hydrogens is 200 g/mol. The van der Waals surface area contributed by atoms with Crippen molar-refractivity contribution in [2.45, 2.75) is 0 Å². The number of benzene rings is 2. The summed E-state index contributed by atoms with van der Waals surface area (Å²) < 4.78 is 5.11. The largest absolute Gasteiger partial charge is 0.497 e. The quantitative estimate of drug-likeness (QED) is 0.705. The average molecular weight is 212 g/mol. The van der Waals surface area contributed by atoms with Crippen molar-refractivity contribution in [2.75, 3.05) is 7.11 Å². The van der Waals surface area contributed by atoms with Crippen molar-refractivity contribution >= 4 is 11.4 Å². The molecule has 0 aliphatic heterocycles. The number of ether oxygens (including phenoxy) is 1. The first-order valence-electron chi connectivity index (χ1n) is 4.99. The Morgan fingerprint density at radius 2 is 1.50 bits per heavy atom. The van der Waals surface area contributed by atoms with Crippen molar-refractivity contribution in [3.05, 3.63) is 54.6 Å². The lowest BCUT2D eigenvalue weighted by molar-refractivity contribution is 0.415. The van der Waals surface area contributed by atoms with Gasteiger partial charge in [0.2, 0.25) is 0 Å². The predicted molar refractivity (Wildman–Crippen MR) is 63.6 cm³/mol. The van der Waals surface area contributed by atoms with E-state index in [0.29, 0.717) is 0 Å². The van der Waals surface area contributed by atoms with Crippen LogP contribution in [0.2, 0.25) is 0 Å². The lowest BCUT2D eigenvalue weighted by Gasteiger charge is -1.98. The van der Waals surface area contributed by atoms with Crippen molar-refractivity contribution in [3.8, 4) is 5.75 Å². The van der Waals surface area contributed by atoms with Gasteiger partial charge in [-0.15, -0.1) is 0 Å². The monoisotopic (exact) mass is 212 g/mol. The highest BCUT2D eigenvalue weighted by Crippen LogP contribution is 2.21. The zero-order valence-electron chi connectivity index (χ0n) is 9.00. The third kappa shape index (κ3) is 2.67. The molecule has 0 unspecified atom stereocenters. The lowest BCUT2D eigenvalue weighted by Crippen LogP contribution is -1.79. The van der Waals surface area contributed by atoms with E-state index in [9.17, 15) is 0 Å². The first-order valence-corrected chi connectivity index (χ1v) is 4.99. The molecule has 0 bridgehead atoms. The molecular formula is C13H12N2O. The smallest absolute Gasteiger partial charge is 0.121 e. The summed E-state index contributed by atoms with van der Waals surface area (Å²) in [6, 6.07) is 17.1. The molecule has 0 amide bonds. The predicted octanol–water partition coefficient (Wildman–Crippen LogP) is 4.11. The zero-order valence-corrected chi connectivity index (χ0v) is 9.00. The van der Waals surface area contributed by atoms with Crippen molar-refractivity contribution in [2.24, 2.45) is 10.2 Å². The van der Waals surface area contributed by atoms with Crippen LogP contribution in [-0.4, -0.2) is 7.11 Å². The fourth-order valence-corrected chi connectivity index (χ4v) is 1.28.